The summed E-state index contributed by atoms with van der Waals surface area (Å²) in [5.74, 6) is -1.07. The number of carbonyl (C=O) groups excluding carboxylic acids is 2. The van der Waals surface area contributed by atoms with Gasteiger partial charge in [0.2, 0.25) is 0 Å². The van der Waals surface area contributed by atoms with Crippen LogP contribution in [0.1, 0.15) is 26.4 Å². The Kier molecular flexibility index (Phi) is 4.33. The summed E-state index contributed by atoms with van der Waals surface area (Å²) in [6.45, 7) is 0.513. The monoisotopic (exact) mass is 321 g/mol. The molecule has 0 saturated heterocycles. The maximum atomic E-state index is 12.3. The Morgan fingerprint density at radius 1 is 1.04 bits per heavy atom. The van der Waals surface area contributed by atoms with Crippen LogP contribution >= 0.6 is 0 Å². The molecule has 7 nitrogen and oxygen atoms in total. The number of nitrogens with two attached hydrogens (primary N) is 1. The lowest BCUT2D eigenvalue weighted by Crippen LogP contribution is -2.18. The van der Waals surface area contributed by atoms with Crippen LogP contribution in [-0.2, 0) is 6.54 Å². The summed E-state index contributed by atoms with van der Waals surface area (Å²) >= 11 is 0. The fraction of sp³-hybridized carbons (Fsp3) is 0.0588. The van der Waals surface area contributed by atoms with Gasteiger partial charge in [0.05, 0.1) is 24.0 Å². The summed E-state index contributed by atoms with van der Waals surface area (Å²) in [5, 5.41) is 10.4. The van der Waals surface area contributed by atoms with Crippen LogP contribution in [0.15, 0.2) is 60.8 Å². The van der Waals surface area contributed by atoms with Gasteiger partial charge in [-0.25, -0.2) is 4.68 Å². The van der Waals surface area contributed by atoms with E-state index in [0.29, 0.717) is 12.2 Å². The molecule has 2 amide bonds. The molecule has 7 heteroatoms. The standard InChI is InChI=1S/C17H15N5O2/c18-16(23)13-8-4-5-9-14(13)19-17(24)15-11-22(21-20-15)10-12-6-2-1-3-7-12/h1-9,11H,10H2,(H2,18,23)(H,19,24). The average molecular weight is 321 g/mol. The van der Waals surface area contributed by atoms with Crippen molar-refractivity contribution in [3.63, 3.8) is 0 Å². The molecule has 3 aromatic rings. The molecule has 0 aliphatic rings. The molecule has 3 rings (SSSR count). The van der Waals surface area contributed by atoms with Gasteiger partial charge in [-0.2, -0.15) is 0 Å². The maximum Gasteiger partial charge on any atom is 0.277 e. The van der Waals surface area contributed by atoms with Crippen LogP contribution in [0.4, 0.5) is 5.69 Å². The first-order valence-electron chi connectivity index (χ1n) is 7.28. The Labute approximate surface area is 138 Å². The Hall–Kier alpha value is -3.48. The normalized spacial score (nSPS) is 10.3. The Morgan fingerprint density at radius 2 is 1.75 bits per heavy atom. The number of rotatable bonds is 5. The minimum atomic E-state index is -0.612. The number of amides is 2. The number of hydrogen-bond donors (Lipinski definition) is 2. The summed E-state index contributed by atoms with van der Waals surface area (Å²) in [6.07, 6.45) is 1.55. The van der Waals surface area contributed by atoms with Gasteiger partial charge in [0.25, 0.3) is 11.8 Å². The first-order valence-corrected chi connectivity index (χ1v) is 7.28. The lowest BCUT2D eigenvalue weighted by atomic mass is 10.1. The zero-order valence-corrected chi connectivity index (χ0v) is 12.7. The molecule has 0 bridgehead atoms. The Bertz CT molecular complexity index is 873. The van der Waals surface area contributed by atoms with Crippen LogP contribution in [0.5, 0.6) is 0 Å². The molecule has 0 atom stereocenters. The van der Waals surface area contributed by atoms with E-state index in [9.17, 15) is 9.59 Å². The summed E-state index contributed by atoms with van der Waals surface area (Å²) in [6, 6.07) is 16.2. The number of benzene rings is 2. The van der Waals surface area contributed by atoms with Gasteiger partial charge < -0.3 is 11.1 Å². The third-order valence-electron chi connectivity index (χ3n) is 3.40. The molecule has 1 heterocycles. The molecule has 3 N–H and O–H groups in total. The van der Waals surface area contributed by atoms with Gasteiger partial charge in [-0.1, -0.05) is 47.7 Å². The number of nitrogens with one attached hydrogen (secondary N) is 1. The quantitative estimate of drug-likeness (QED) is 0.746. The minimum absolute atomic E-state index is 0.158. The van der Waals surface area contributed by atoms with Crippen molar-refractivity contribution in [3.8, 4) is 0 Å². The van der Waals surface area contributed by atoms with Gasteiger partial charge in [-0.15, -0.1) is 5.10 Å². The topological polar surface area (TPSA) is 103 Å². The number of nitrogens with zero attached hydrogens (tertiary/aromatic N) is 3. The van der Waals surface area contributed by atoms with Crippen molar-refractivity contribution < 1.29 is 9.59 Å². The van der Waals surface area contributed by atoms with E-state index in [0.717, 1.165) is 5.56 Å². The molecule has 120 valence electrons. The molecule has 0 saturated carbocycles. The highest BCUT2D eigenvalue weighted by atomic mass is 16.2. The SMILES string of the molecule is NC(=O)c1ccccc1NC(=O)c1cn(Cc2ccccc2)nn1. The van der Waals surface area contributed by atoms with E-state index >= 15 is 0 Å². The predicted molar refractivity (Wildman–Crippen MR) is 88.5 cm³/mol. The van der Waals surface area contributed by atoms with E-state index in [-0.39, 0.29) is 11.3 Å². The smallest absolute Gasteiger partial charge is 0.277 e. The summed E-state index contributed by atoms with van der Waals surface area (Å²) in [4.78, 5) is 23.7. The van der Waals surface area contributed by atoms with E-state index in [1.807, 2.05) is 30.3 Å². The van der Waals surface area contributed by atoms with Gasteiger partial charge in [0.15, 0.2) is 5.69 Å². The van der Waals surface area contributed by atoms with Crippen molar-refractivity contribution in [2.24, 2.45) is 5.73 Å². The van der Waals surface area contributed by atoms with Crippen molar-refractivity contribution in [2.45, 2.75) is 6.54 Å². The summed E-state index contributed by atoms with van der Waals surface area (Å²) in [5.41, 5.74) is 7.08. The van der Waals surface area contributed by atoms with Gasteiger partial charge in [0, 0.05) is 0 Å². The highest BCUT2D eigenvalue weighted by Gasteiger charge is 2.14. The van der Waals surface area contributed by atoms with Crippen molar-refractivity contribution in [3.05, 3.63) is 77.6 Å². The minimum Gasteiger partial charge on any atom is -0.366 e. The maximum absolute atomic E-state index is 12.3. The van der Waals surface area contributed by atoms with Crippen LogP contribution in [0, 0.1) is 0 Å². The van der Waals surface area contributed by atoms with E-state index in [1.165, 1.54) is 0 Å². The van der Waals surface area contributed by atoms with Crippen LogP contribution in [0.2, 0.25) is 0 Å². The Morgan fingerprint density at radius 3 is 2.50 bits per heavy atom. The van der Waals surface area contributed by atoms with Crippen LogP contribution in [0.3, 0.4) is 0 Å². The molecule has 0 spiro atoms. The number of anilines is 1. The zero-order chi connectivity index (χ0) is 16.9. The van der Waals surface area contributed by atoms with Crippen LogP contribution in [-0.4, -0.2) is 26.8 Å². The fourth-order valence-corrected chi connectivity index (χ4v) is 2.24. The van der Waals surface area contributed by atoms with Gasteiger partial charge in [0.1, 0.15) is 0 Å². The summed E-state index contributed by atoms with van der Waals surface area (Å²) < 4.78 is 1.57. The second kappa shape index (κ2) is 6.74. The highest BCUT2D eigenvalue weighted by molar-refractivity contribution is 6.07. The number of aromatic nitrogens is 3. The lowest BCUT2D eigenvalue weighted by molar-refractivity contribution is 0.100. The zero-order valence-electron chi connectivity index (χ0n) is 12.7. The molecular formula is C17H15N5O2. The van der Waals surface area contributed by atoms with E-state index in [1.54, 1.807) is 35.1 Å². The molecule has 0 aliphatic carbocycles. The number of carbonyl (C=O) groups is 2. The largest absolute Gasteiger partial charge is 0.366 e. The van der Waals surface area contributed by atoms with Crippen molar-refractivity contribution >= 4 is 17.5 Å². The number of primary amides is 1. The average Bonchev–Trinajstić information content (AvgIpc) is 3.05. The van der Waals surface area contributed by atoms with Crippen molar-refractivity contribution in [2.75, 3.05) is 5.32 Å². The second-order valence-electron chi connectivity index (χ2n) is 5.15. The number of para-hydroxylation sites is 1. The predicted octanol–water partition coefficient (Wildman–Crippen LogP) is 1.68. The molecule has 2 aromatic carbocycles. The third kappa shape index (κ3) is 3.46. The van der Waals surface area contributed by atoms with E-state index in [4.69, 9.17) is 5.73 Å². The molecule has 0 aliphatic heterocycles. The molecule has 1 aromatic heterocycles. The van der Waals surface area contributed by atoms with E-state index in [2.05, 4.69) is 15.6 Å². The Balaban J connectivity index is 1.74. The highest BCUT2D eigenvalue weighted by Crippen LogP contribution is 2.15. The number of hydrogen-bond acceptors (Lipinski definition) is 4. The van der Waals surface area contributed by atoms with Crippen molar-refractivity contribution in [1.29, 1.82) is 0 Å². The van der Waals surface area contributed by atoms with Crippen molar-refractivity contribution in [1.82, 2.24) is 15.0 Å². The molecule has 0 unspecified atom stereocenters. The molecule has 0 fully saturated rings. The molecular weight excluding hydrogens is 306 g/mol. The van der Waals surface area contributed by atoms with Crippen LogP contribution in [0.25, 0.3) is 0 Å². The molecule has 0 radical (unpaired) electrons. The van der Waals surface area contributed by atoms with Crippen LogP contribution < -0.4 is 11.1 Å². The second-order valence-corrected chi connectivity index (χ2v) is 5.15. The first-order chi connectivity index (χ1) is 11.6. The third-order valence-corrected chi connectivity index (χ3v) is 3.40. The van der Waals surface area contributed by atoms with E-state index < -0.39 is 11.8 Å². The van der Waals surface area contributed by atoms with Gasteiger partial charge >= 0.3 is 0 Å². The molecule has 24 heavy (non-hydrogen) atoms. The van der Waals surface area contributed by atoms with Gasteiger partial charge in [-0.3, -0.25) is 9.59 Å². The fourth-order valence-electron chi connectivity index (χ4n) is 2.24. The van der Waals surface area contributed by atoms with Gasteiger partial charge in [-0.05, 0) is 17.7 Å². The summed E-state index contributed by atoms with van der Waals surface area (Å²) in [7, 11) is 0. The first kappa shape index (κ1) is 15.4. The lowest BCUT2D eigenvalue weighted by Gasteiger charge is -2.06.